The molecule has 4 saturated carbocycles. The summed E-state index contributed by atoms with van der Waals surface area (Å²) in [5, 5.41) is -5.09. The van der Waals surface area contributed by atoms with Crippen molar-refractivity contribution in [2.24, 2.45) is 23.7 Å². The molecule has 4 aliphatic rings. The number of ether oxygens (including phenoxy) is 2. The Labute approximate surface area is 163 Å². The summed E-state index contributed by atoms with van der Waals surface area (Å²) in [6, 6.07) is 0. The summed E-state index contributed by atoms with van der Waals surface area (Å²) >= 11 is 1.97. The van der Waals surface area contributed by atoms with Gasteiger partial charge in [-0.05, 0) is 56.3 Å². The predicted molar refractivity (Wildman–Crippen MR) is 90.3 cm³/mol. The Morgan fingerprint density at radius 3 is 1.77 bits per heavy atom. The monoisotopic (exact) mass is 507 g/mol. The number of rotatable bonds is 5. The van der Waals surface area contributed by atoms with Gasteiger partial charge in [-0.15, -0.1) is 0 Å². The zero-order valence-electron chi connectivity index (χ0n) is 13.8. The van der Waals surface area contributed by atoms with Crippen molar-refractivity contribution in [3.05, 3.63) is 0 Å². The maximum absolute atomic E-state index is 13.4. The van der Waals surface area contributed by atoms with Crippen molar-refractivity contribution in [2.45, 2.75) is 54.0 Å². The van der Waals surface area contributed by atoms with Crippen molar-refractivity contribution in [2.75, 3.05) is 0 Å². The van der Waals surface area contributed by atoms with Crippen molar-refractivity contribution in [1.82, 2.24) is 0 Å². The Kier molecular flexibility index (Phi) is 5.28. The Bertz CT molecular complexity index is 679. The molecule has 0 N–H and O–H groups in total. The van der Waals surface area contributed by atoms with E-state index in [4.69, 9.17) is 9.47 Å². The molecule has 0 heterocycles. The number of halogens is 3. The molecule has 0 radical (unpaired) electrons. The SMILES string of the molecule is CC(I)C(=O)OC1C2CC3CC1CC(C2)C3OC(=O)C(F)(F)S(=O)(=O)[O-]. The van der Waals surface area contributed by atoms with Gasteiger partial charge < -0.3 is 14.0 Å². The summed E-state index contributed by atoms with van der Waals surface area (Å²) in [6.07, 6.45) is 1.15. The molecule has 0 amide bonds. The Balaban J connectivity index is 1.68. The molecule has 0 aliphatic heterocycles. The molecule has 0 aromatic rings. The lowest BCUT2D eigenvalue weighted by Gasteiger charge is -2.56. The fourth-order valence-corrected chi connectivity index (χ4v) is 5.09. The molecule has 0 aromatic carbocycles. The van der Waals surface area contributed by atoms with E-state index >= 15 is 0 Å². The lowest BCUT2D eigenvalue weighted by atomic mass is 9.53. The van der Waals surface area contributed by atoms with Crippen LogP contribution in [-0.2, 0) is 29.2 Å². The summed E-state index contributed by atoms with van der Waals surface area (Å²) in [6.45, 7) is 1.73. The van der Waals surface area contributed by atoms with Gasteiger partial charge in [0.1, 0.15) is 16.1 Å². The highest BCUT2D eigenvalue weighted by Gasteiger charge is 2.58. The van der Waals surface area contributed by atoms with E-state index in [1.54, 1.807) is 6.92 Å². The topological polar surface area (TPSA) is 110 Å². The standard InChI is InChI=1S/C15H19F2IO7S/c1-6(18)13(19)24-11-7-2-9-4-8(11)5-10(3-7)12(9)25-14(20)15(16,17)26(21,22)23/h6-12H,2-5H2,1H3,(H,21,22,23)/p-1. The van der Waals surface area contributed by atoms with E-state index in [9.17, 15) is 31.3 Å². The van der Waals surface area contributed by atoms with E-state index in [1.165, 1.54) is 0 Å². The van der Waals surface area contributed by atoms with Crippen LogP contribution in [0.3, 0.4) is 0 Å². The van der Waals surface area contributed by atoms with Crippen molar-refractivity contribution in [3.63, 3.8) is 0 Å². The first-order valence-electron chi connectivity index (χ1n) is 8.30. The third-order valence-electron chi connectivity index (χ3n) is 5.65. The van der Waals surface area contributed by atoms with Gasteiger partial charge in [-0.1, -0.05) is 22.6 Å². The van der Waals surface area contributed by atoms with Crippen molar-refractivity contribution < 1.29 is 40.8 Å². The summed E-state index contributed by atoms with van der Waals surface area (Å²) in [4.78, 5) is 23.4. The Hall–Kier alpha value is -0.560. The third kappa shape index (κ3) is 3.46. The van der Waals surface area contributed by atoms with Gasteiger partial charge in [-0.25, -0.2) is 13.2 Å². The molecule has 4 aliphatic carbocycles. The quantitative estimate of drug-likeness (QED) is 0.242. The van der Waals surface area contributed by atoms with E-state index in [0.29, 0.717) is 25.7 Å². The lowest BCUT2D eigenvalue weighted by Crippen LogP contribution is -2.58. The first kappa shape index (κ1) is 20.2. The summed E-state index contributed by atoms with van der Waals surface area (Å²) in [5.41, 5.74) is 0. The average molecular weight is 507 g/mol. The van der Waals surface area contributed by atoms with Gasteiger partial charge in [0.25, 0.3) is 0 Å². The molecule has 0 saturated heterocycles. The maximum Gasteiger partial charge on any atom is 0.428 e. The minimum Gasteiger partial charge on any atom is -0.743 e. The minimum absolute atomic E-state index is 0.0790. The molecule has 26 heavy (non-hydrogen) atoms. The molecule has 0 spiro atoms. The van der Waals surface area contributed by atoms with Crippen LogP contribution in [-0.4, -0.2) is 46.3 Å². The molecule has 0 aromatic heterocycles. The fourth-order valence-electron chi connectivity index (χ4n) is 4.69. The normalized spacial score (nSPS) is 37.3. The highest BCUT2D eigenvalue weighted by atomic mass is 127. The molecule has 1 atom stereocenters. The average Bonchev–Trinajstić information content (AvgIpc) is 2.50. The van der Waals surface area contributed by atoms with E-state index in [1.807, 2.05) is 22.6 Å². The number of carbonyl (C=O) groups excluding carboxylic acids is 2. The van der Waals surface area contributed by atoms with Crippen LogP contribution in [0.15, 0.2) is 0 Å². The zero-order valence-corrected chi connectivity index (χ0v) is 16.7. The van der Waals surface area contributed by atoms with Gasteiger partial charge in [-0.3, -0.25) is 4.79 Å². The van der Waals surface area contributed by atoms with Crippen LogP contribution in [0.25, 0.3) is 0 Å². The summed E-state index contributed by atoms with van der Waals surface area (Å²) in [5.74, 6) is -2.82. The molecule has 1 unspecified atom stereocenters. The van der Waals surface area contributed by atoms with Crippen LogP contribution in [0.1, 0.15) is 32.6 Å². The first-order valence-corrected chi connectivity index (χ1v) is 11.0. The van der Waals surface area contributed by atoms with Crippen LogP contribution in [0.5, 0.6) is 0 Å². The number of carbonyl (C=O) groups is 2. The van der Waals surface area contributed by atoms with Gasteiger partial charge in [0.2, 0.25) is 0 Å². The highest BCUT2D eigenvalue weighted by molar-refractivity contribution is 14.1. The molecular formula is C15H18F2IO7S-. The third-order valence-corrected chi connectivity index (χ3v) is 6.96. The van der Waals surface area contributed by atoms with Gasteiger partial charge in [0, 0.05) is 0 Å². The van der Waals surface area contributed by atoms with Gasteiger partial charge in [0.15, 0.2) is 10.1 Å². The molecule has 11 heteroatoms. The van der Waals surface area contributed by atoms with Crippen LogP contribution in [0.4, 0.5) is 8.78 Å². The van der Waals surface area contributed by atoms with Crippen LogP contribution >= 0.6 is 22.6 Å². The number of hydrogen-bond acceptors (Lipinski definition) is 7. The molecule has 148 valence electrons. The van der Waals surface area contributed by atoms with Crippen LogP contribution in [0.2, 0.25) is 0 Å². The molecular weight excluding hydrogens is 489 g/mol. The van der Waals surface area contributed by atoms with E-state index < -0.39 is 27.4 Å². The second-order valence-corrected chi connectivity index (χ2v) is 10.6. The Morgan fingerprint density at radius 1 is 1.04 bits per heavy atom. The summed E-state index contributed by atoms with van der Waals surface area (Å²) in [7, 11) is -6.12. The van der Waals surface area contributed by atoms with Crippen LogP contribution in [0, 0.1) is 23.7 Å². The van der Waals surface area contributed by atoms with E-state index in [2.05, 4.69) is 0 Å². The lowest BCUT2D eigenvalue weighted by molar-refractivity contribution is -0.204. The number of hydrogen-bond donors (Lipinski definition) is 0. The molecule has 4 fully saturated rings. The van der Waals surface area contributed by atoms with E-state index in [-0.39, 0.29) is 39.7 Å². The van der Waals surface area contributed by atoms with E-state index in [0.717, 1.165) is 0 Å². The largest absolute Gasteiger partial charge is 0.743 e. The smallest absolute Gasteiger partial charge is 0.428 e. The predicted octanol–water partition coefficient (Wildman–Crippen LogP) is 1.84. The highest BCUT2D eigenvalue weighted by Crippen LogP contribution is 2.56. The fraction of sp³-hybridized carbons (Fsp3) is 0.867. The first-order chi connectivity index (χ1) is 11.9. The number of esters is 2. The van der Waals surface area contributed by atoms with Gasteiger partial charge >= 0.3 is 17.2 Å². The minimum atomic E-state index is -6.12. The second kappa shape index (κ2) is 6.80. The van der Waals surface area contributed by atoms with Gasteiger partial charge in [-0.2, -0.15) is 8.78 Å². The maximum atomic E-state index is 13.4. The summed E-state index contributed by atoms with van der Waals surface area (Å²) < 4.78 is 68.7. The number of alkyl halides is 3. The second-order valence-electron chi connectivity index (χ2n) is 7.34. The zero-order chi connectivity index (χ0) is 19.4. The Morgan fingerprint density at radius 2 is 1.42 bits per heavy atom. The van der Waals surface area contributed by atoms with Crippen molar-refractivity contribution in [1.29, 1.82) is 0 Å². The van der Waals surface area contributed by atoms with Crippen LogP contribution < -0.4 is 0 Å². The molecule has 7 nitrogen and oxygen atoms in total. The van der Waals surface area contributed by atoms with Crippen molar-refractivity contribution in [3.8, 4) is 0 Å². The van der Waals surface area contributed by atoms with Gasteiger partial charge in [0.05, 0.1) is 0 Å². The van der Waals surface area contributed by atoms with Crippen molar-refractivity contribution >= 4 is 44.6 Å². The molecule has 4 bridgehead atoms. The molecule has 4 rings (SSSR count).